The molecule has 3 rings (SSSR count). The first-order valence-corrected chi connectivity index (χ1v) is 10.5. The van der Waals surface area contributed by atoms with E-state index in [-0.39, 0.29) is 30.3 Å². The number of carboxylic acid groups (broad SMARTS) is 1. The fraction of sp³-hybridized carbons (Fsp3) is 0.100. The minimum atomic E-state index is -1.03. The first-order valence-electron chi connectivity index (χ1n) is 8.47. The van der Waals surface area contributed by atoms with E-state index < -0.39 is 5.97 Å². The van der Waals surface area contributed by atoms with Gasteiger partial charge >= 0.3 is 5.97 Å². The van der Waals surface area contributed by atoms with Crippen molar-refractivity contribution in [2.75, 3.05) is 11.9 Å². The highest BCUT2D eigenvalue weighted by molar-refractivity contribution is 9.10. The summed E-state index contributed by atoms with van der Waals surface area (Å²) in [7, 11) is 0. The maximum atomic E-state index is 12.6. The second kappa shape index (κ2) is 9.34. The Morgan fingerprint density at radius 3 is 2.41 bits per heavy atom. The van der Waals surface area contributed by atoms with E-state index in [9.17, 15) is 14.4 Å². The summed E-state index contributed by atoms with van der Waals surface area (Å²) in [5, 5.41) is 11.6. The Balaban J connectivity index is 1.57. The van der Waals surface area contributed by atoms with Crippen LogP contribution in [-0.2, 0) is 9.59 Å². The first kappa shape index (κ1) is 21.2. The number of hydrogen-bond acceptors (Lipinski definition) is 5. The molecule has 0 aliphatic carbocycles. The lowest BCUT2D eigenvalue weighted by atomic mass is 10.2. The number of carbonyl (C=O) groups excluding carboxylic acids is 2. The molecule has 0 atom stereocenters. The molecule has 1 heterocycles. The van der Waals surface area contributed by atoms with Gasteiger partial charge in [0.25, 0.3) is 5.91 Å². The van der Waals surface area contributed by atoms with Crippen molar-refractivity contribution in [3.63, 3.8) is 0 Å². The quantitative estimate of drug-likeness (QED) is 0.461. The molecular formula is C20H15BrN2O4S2. The van der Waals surface area contributed by atoms with Gasteiger partial charge in [0.05, 0.1) is 10.5 Å². The number of hydrogen-bond donors (Lipinski definition) is 2. The number of thiocarbonyl (C=S) groups is 1. The number of anilines is 1. The number of halogens is 1. The third-order valence-electron chi connectivity index (χ3n) is 4.02. The summed E-state index contributed by atoms with van der Waals surface area (Å²) in [6, 6.07) is 13.4. The summed E-state index contributed by atoms with van der Waals surface area (Å²) >= 11 is 9.87. The molecule has 0 unspecified atom stereocenters. The third-order valence-corrected chi connectivity index (χ3v) is 5.93. The number of nitrogens with one attached hydrogen (secondary N) is 1. The van der Waals surface area contributed by atoms with E-state index in [1.165, 1.54) is 40.9 Å². The van der Waals surface area contributed by atoms with Crippen LogP contribution in [0.25, 0.3) is 6.08 Å². The maximum absolute atomic E-state index is 12.6. The highest BCUT2D eigenvalue weighted by Gasteiger charge is 2.32. The molecule has 1 aliphatic heterocycles. The van der Waals surface area contributed by atoms with Crippen LogP contribution in [0.5, 0.6) is 0 Å². The van der Waals surface area contributed by atoms with Gasteiger partial charge < -0.3 is 10.4 Å². The zero-order valence-electron chi connectivity index (χ0n) is 14.9. The van der Waals surface area contributed by atoms with Crippen molar-refractivity contribution < 1.29 is 19.5 Å². The normalized spacial score (nSPS) is 15.1. The maximum Gasteiger partial charge on any atom is 0.335 e. The number of carbonyl (C=O) groups is 3. The molecule has 148 valence electrons. The highest BCUT2D eigenvalue weighted by Crippen LogP contribution is 2.32. The topological polar surface area (TPSA) is 86.7 Å². The minimum Gasteiger partial charge on any atom is -0.478 e. The summed E-state index contributed by atoms with van der Waals surface area (Å²) in [6.07, 6.45) is 1.84. The molecule has 0 spiro atoms. The second-order valence-corrected chi connectivity index (χ2v) is 8.66. The first-order chi connectivity index (χ1) is 13.8. The zero-order chi connectivity index (χ0) is 21.0. The number of aromatic carboxylic acids is 1. The van der Waals surface area contributed by atoms with Crippen LogP contribution in [0.4, 0.5) is 5.69 Å². The average Bonchev–Trinajstić information content (AvgIpc) is 2.95. The summed E-state index contributed by atoms with van der Waals surface area (Å²) < 4.78 is 1.36. The molecular weight excluding hydrogens is 476 g/mol. The monoisotopic (exact) mass is 490 g/mol. The summed E-state index contributed by atoms with van der Waals surface area (Å²) in [5.74, 6) is -1.55. The van der Waals surface area contributed by atoms with Crippen LogP contribution in [0.15, 0.2) is 57.9 Å². The molecule has 0 radical (unpaired) electrons. The predicted octanol–water partition coefficient (Wildman–Crippen LogP) is 4.38. The van der Waals surface area contributed by atoms with Crippen LogP contribution < -0.4 is 5.32 Å². The molecule has 0 bridgehead atoms. The zero-order valence-corrected chi connectivity index (χ0v) is 18.1. The predicted molar refractivity (Wildman–Crippen MR) is 121 cm³/mol. The van der Waals surface area contributed by atoms with Crippen molar-refractivity contribution in [3.05, 3.63) is 69.0 Å². The van der Waals surface area contributed by atoms with Crippen molar-refractivity contribution in [1.82, 2.24) is 4.90 Å². The van der Waals surface area contributed by atoms with Gasteiger partial charge in [-0.1, -0.05) is 52.0 Å². The summed E-state index contributed by atoms with van der Waals surface area (Å²) in [4.78, 5) is 37.6. The van der Waals surface area contributed by atoms with Gasteiger partial charge in [-0.05, 0) is 48.0 Å². The van der Waals surface area contributed by atoms with Crippen molar-refractivity contribution in [1.29, 1.82) is 0 Å². The number of carboxylic acids is 1. The van der Waals surface area contributed by atoms with Crippen molar-refractivity contribution in [3.8, 4) is 0 Å². The Labute approximate surface area is 185 Å². The summed E-state index contributed by atoms with van der Waals surface area (Å²) in [6.45, 7) is 0.168. The van der Waals surface area contributed by atoms with E-state index in [1.54, 1.807) is 6.08 Å². The molecule has 29 heavy (non-hydrogen) atoms. The van der Waals surface area contributed by atoms with Gasteiger partial charge in [0.1, 0.15) is 4.32 Å². The number of amides is 2. The van der Waals surface area contributed by atoms with Crippen LogP contribution in [0.1, 0.15) is 22.3 Å². The van der Waals surface area contributed by atoms with E-state index in [4.69, 9.17) is 17.3 Å². The minimum absolute atomic E-state index is 0.0681. The molecule has 9 heteroatoms. The van der Waals surface area contributed by atoms with E-state index in [1.807, 2.05) is 24.3 Å². The Hall–Kier alpha value is -2.49. The van der Waals surface area contributed by atoms with E-state index in [2.05, 4.69) is 21.2 Å². The van der Waals surface area contributed by atoms with Crippen LogP contribution in [0.3, 0.4) is 0 Å². The number of thioether (sulfide) groups is 1. The lowest BCUT2D eigenvalue weighted by Gasteiger charge is -2.14. The lowest BCUT2D eigenvalue weighted by Crippen LogP contribution is -2.31. The van der Waals surface area contributed by atoms with Gasteiger partial charge in [-0.3, -0.25) is 14.5 Å². The molecule has 2 amide bonds. The van der Waals surface area contributed by atoms with E-state index in [0.29, 0.717) is 14.9 Å². The number of nitrogens with zero attached hydrogens (tertiary/aromatic N) is 1. The van der Waals surface area contributed by atoms with Crippen molar-refractivity contribution in [2.45, 2.75) is 6.42 Å². The van der Waals surface area contributed by atoms with Gasteiger partial charge in [-0.15, -0.1) is 0 Å². The molecule has 2 aromatic rings. The number of rotatable bonds is 6. The van der Waals surface area contributed by atoms with Crippen LogP contribution in [-0.4, -0.2) is 38.7 Å². The largest absolute Gasteiger partial charge is 0.478 e. The van der Waals surface area contributed by atoms with Crippen molar-refractivity contribution >= 4 is 73.8 Å². The lowest BCUT2D eigenvalue weighted by molar-refractivity contribution is -0.122. The summed E-state index contributed by atoms with van der Waals surface area (Å²) in [5.41, 5.74) is 1.51. The average molecular weight is 491 g/mol. The van der Waals surface area contributed by atoms with E-state index in [0.717, 1.165) is 10.0 Å². The van der Waals surface area contributed by atoms with Crippen molar-refractivity contribution in [2.24, 2.45) is 0 Å². The fourth-order valence-corrected chi connectivity index (χ4v) is 4.11. The molecule has 1 aliphatic rings. The van der Waals surface area contributed by atoms with Gasteiger partial charge in [-0.25, -0.2) is 4.79 Å². The second-order valence-electron chi connectivity index (χ2n) is 6.07. The smallest absolute Gasteiger partial charge is 0.335 e. The third kappa shape index (κ3) is 5.53. The molecule has 1 saturated heterocycles. The highest BCUT2D eigenvalue weighted by atomic mass is 79.9. The fourth-order valence-electron chi connectivity index (χ4n) is 2.54. The SMILES string of the molecule is O=C(CCN1C(=O)/C(=C/c2ccc(Br)cc2)SC1=S)Nc1ccc(C(=O)O)cc1. The van der Waals surface area contributed by atoms with Gasteiger partial charge in [0, 0.05) is 23.1 Å². The molecule has 0 aromatic heterocycles. The van der Waals surface area contributed by atoms with Gasteiger partial charge in [0.15, 0.2) is 0 Å². The Morgan fingerprint density at radius 1 is 1.14 bits per heavy atom. The van der Waals surface area contributed by atoms with Crippen LogP contribution in [0.2, 0.25) is 0 Å². The number of benzene rings is 2. The van der Waals surface area contributed by atoms with Crippen LogP contribution in [0, 0.1) is 0 Å². The van der Waals surface area contributed by atoms with Gasteiger partial charge in [-0.2, -0.15) is 0 Å². The van der Waals surface area contributed by atoms with E-state index >= 15 is 0 Å². The molecule has 1 fully saturated rings. The van der Waals surface area contributed by atoms with Gasteiger partial charge in [0.2, 0.25) is 5.91 Å². The molecule has 2 N–H and O–H groups in total. The Kier molecular flexibility index (Phi) is 6.83. The van der Waals surface area contributed by atoms with Crippen LogP contribution >= 0.6 is 39.9 Å². The standard InChI is InChI=1S/C20H15BrN2O4S2/c21-14-5-1-12(2-6-14)11-16-18(25)23(20(28)29-16)10-9-17(24)22-15-7-3-13(4-8-15)19(26)27/h1-8,11H,9-10H2,(H,22,24)(H,26,27)/b16-11-. The molecule has 6 nitrogen and oxygen atoms in total. The Bertz CT molecular complexity index is 1000. The molecule has 2 aromatic carbocycles. The molecule has 0 saturated carbocycles. The Morgan fingerprint density at radius 2 is 1.79 bits per heavy atom.